The van der Waals surface area contributed by atoms with Gasteiger partial charge in [-0.3, -0.25) is 0 Å². The van der Waals surface area contributed by atoms with E-state index in [4.69, 9.17) is 9.47 Å². The van der Waals surface area contributed by atoms with Crippen LogP contribution in [0.4, 0.5) is 0 Å². The molecule has 0 unspecified atom stereocenters. The van der Waals surface area contributed by atoms with Gasteiger partial charge in [0.05, 0.1) is 13.7 Å². The van der Waals surface area contributed by atoms with E-state index < -0.39 is 0 Å². The highest BCUT2D eigenvalue weighted by atomic mass is 16.5. The van der Waals surface area contributed by atoms with Gasteiger partial charge in [0.15, 0.2) is 0 Å². The quantitative estimate of drug-likeness (QED) is 0.785. The van der Waals surface area contributed by atoms with Crippen molar-refractivity contribution in [2.24, 2.45) is 11.8 Å². The van der Waals surface area contributed by atoms with E-state index in [-0.39, 0.29) is 0 Å². The normalized spacial score (nSPS) is 15.6. The molecule has 3 nitrogen and oxygen atoms in total. The summed E-state index contributed by atoms with van der Waals surface area (Å²) < 4.78 is 11.4. The fourth-order valence-corrected chi connectivity index (χ4v) is 2.82. The van der Waals surface area contributed by atoms with Gasteiger partial charge in [-0.15, -0.1) is 0 Å². The number of ether oxygens (including phenoxy) is 2. The Hall–Kier alpha value is -1.22. The Labute approximate surface area is 129 Å². The molecule has 0 saturated heterocycles. The molecule has 1 aromatic carbocycles. The standard InChI is InChI=1S/C18H29NO2/c1-14(2)11-19-12-16-8-9-17(20-3)10-18(16)21-13-15-6-4-5-7-15/h8-10,14-15,19H,4-7,11-13H2,1-3H3. The summed E-state index contributed by atoms with van der Waals surface area (Å²) in [7, 11) is 1.70. The smallest absolute Gasteiger partial charge is 0.127 e. The molecule has 0 heterocycles. The van der Waals surface area contributed by atoms with E-state index >= 15 is 0 Å². The van der Waals surface area contributed by atoms with E-state index in [0.29, 0.717) is 5.92 Å². The van der Waals surface area contributed by atoms with Crippen LogP contribution in [0.25, 0.3) is 0 Å². The SMILES string of the molecule is COc1ccc(CNCC(C)C)c(OCC2CCCC2)c1. The summed E-state index contributed by atoms with van der Waals surface area (Å²) in [5, 5.41) is 3.49. The molecular formula is C18H29NO2. The average Bonchev–Trinajstić information content (AvgIpc) is 2.99. The molecule has 0 radical (unpaired) electrons. The molecule has 0 amide bonds. The third kappa shape index (κ3) is 5.24. The largest absolute Gasteiger partial charge is 0.497 e. The van der Waals surface area contributed by atoms with Crippen LogP contribution in [-0.4, -0.2) is 20.3 Å². The molecule has 1 aliphatic rings. The molecule has 0 atom stereocenters. The van der Waals surface area contributed by atoms with Gasteiger partial charge in [-0.2, -0.15) is 0 Å². The van der Waals surface area contributed by atoms with Crippen LogP contribution in [0.2, 0.25) is 0 Å². The fourth-order valence-electron chi connectivity index (χ4n) is 2.82. The Balaban J connectivity index is 1.96. The Kier molecular flexibility index (Phi) is 6.37. The molecule has 0 aromatic heterocycles. The highest BCUT2D eigenvalue weighted by Crippen LogP contribution is 2.29. The maximum absolute atomic E-state index is 6.10. The van der Waals surface area contributed by atoms with Crippen LogP contribution < -0.4 is 14.8 Å². The van der Waals surface area contributed by atoms with Gasteiger partial charge < -0.3 is 14.8 Å². The number of benzene rings is 1. The van der Waals surface area contributed by atoms with Crippen molar-refractivity contribution in [2.75, 3.05) is 20.3 Å². The topological polar surface area (TPSA) is 30.5 Å². The van der Waals surface area contributed by atoms with Crippen molar-refractivity contribution in [3.63, 3.8) is 0 Å². The fraction of sp³-hybridized carbons (Fsp3) is 0.667. The van der Waals surface area contributed by atoms with Crippen molar-refractivity contribution in [1.82, 2.24) is 5.32 Å². The molecule has 0 bridgehead atoms. The molecule has 0 spiro atoms. The van der Waals surface area contributed by atoms with Gasteiger partial charge in [0.2, 0.25) is 0 Å². The number of rotatable bonds is 8. The first-order chi connectivity index (χ1) is 10.2. The van der Waals surface area contributed by atoms with E-state index in [2.05, 4.69) is 25.2 Å². The zero-order valence-corrected chi connectivity index (χ0v) is 13.7. The summed E-state index contributed by atoms with van der Waals surface area (Å²) in [5.41, 5.74) is 1.22. The first-order valence-corrected chi connectivity index (χ1v) is 8.19. The van der Waals surface area contributed by atoms with Crippen molar-refractivity contribution in [2.45, 2.75) is 46.1 Å². The molecule has 21 heavy (non-hydrogen) atoms. The molecule has 1 aromatic rings. The minimum absolute atomic E-state index is 0.658. The maximum atomic E-state index is 6.10. The molecule has 0 aliphatic heterocycles. The molecule has 118 valence electrons. The summed E-state index contributed by atoms with van der Waals surface area (Å²) in [6, 6.07) is 6.13. The van der Waals surface area contributed by atoms with Crippen LogP contribution >= 0.6 is 0 Å². The highest BCUT2D eigenvalue weighted by molar-refractivity contribution is 5.40. The predicted molar refractivity (Wildman–Crippen MR) is 87.0 cm³/mol. The summed E-state index contributed by atoms with van der Waals surface area (Å²) >= 11 is 0. The van der Waals surface area contributed by atoms with Gasteiger partial charge in [0.25, 0.3) is 0 Å². The van der Waals surface area contributed by atoms with E-state index in [0.717, 1.165) is 37.1 Å². The lowest BCUT2D eigenvalue weighted by molar-refractivity contribution is 0.248. The molecule has 2 rings (SSSR count). The molecule has 1 aliphatic carbocycles. The van der Waals surface area contributed by atoms with E-state index in [1.807, 2.05) is 12.1 Å². The van der Waals surface area contributed by atoms with Crippen molar-refractivity contribution >= 4 is 0 Å². The van der Waals surface area contributed by atoms with Crippen LogP contribution in [0.5, 0.6) is 11.5 Å². The minimum atomic E-state index is 0.658. The van der Waals surface area contributed by atoms with E-state index in [1.54, 1.807) is 7.11 Å². The molecular weight excluding hydrogens is 262 g/mol. The van der Waals surface area contributed by atoms with Crippen molar-refractivity contribution in [3.8, 4) is 11.5 Å². The van der Waals surface area contributed by atoms with E-state index in [9.17, 15) is 0 Å². The predicted octanol–water partition coefficient (Wildman–Crippen LogP) is 4.01. The van der Waals surface area contributed by atoms with Gasteiger partial charge >= 0.3 is 0 Å². The van der Waals surface area contributed by atoms with Gasteiger partial charge in [-0.1, -0.05) is 32.8 Å². The second-order valence-electron chi connectivity index (χ2n) is 6.46. The van der Waals surface area contributed by atoms with Gasteiger partial charge in [-0.05, 0) is 37.3 Å². The lowest BCUT2D eigenvalue weighted by Crippen LogP contribution is -2.20. The summed E-state index contributed by atoms with van der Waals surface area (Å²) in [4.78, 5) is 0. The van der Waals surface area contributed by atoms with Gasteiger partial charge in [-0.25, -0.2) is 0 Å². The monoisotopic (exact) mass is 291 g/mol. The van der Waals surface area contributed by atoms with Crippen LogP contribution in [-0.2, 0) is 6.54 Å². The van der Waals surface area contributed by atoms with E-state index in [1.165, 1.54) is 31.2 Å². The number of nitrogens with one attached hydrogen (secondary N) is 1. The summed E-state index contributed by atoms with van der Waals surface area (Å²) in [5.74, 6) is 3.22. The van der Waals surface area contributed by atoms with Gasteiger partial charge in [0, 0.05) is 18.2 Å². The number of hydrogen-bond donors (Lipinski definition) is 1. The average molecular weight is 291 g/mol. The lowest BCUT2D eigenvalue weighted by Gasteiger charge is -2.16. The summed E-state index contributed by atoms with van der Waals surface area (Å²) in [6.07, 6.45) is 5.33. The van der Waals surface area contributed by atoms with Gasteiger partial charge in [0.1, 0.15) is 11.5 Å². The zero-order chi connectivity index (χ0) is 15.1. The zero-order valence-electron chi connectivity index (χ0n) is 13.7. The van der Waals surface area contributed by atoms with Crippen LogP contribution in [0.15, 0.2) is 18.2 Å². The second-order valence-corrected chi connectivity index (χ2v) is 6.46. The van der Waals surface area contributed by atoms with Crippen molar-refractivity contribution in [1.29, 1.82) is 0 Å². The lowest BCUT2D eigenvalue weighted by atomic mass is 10.1. The molecule has 3 heteroatoms. The molecule has 1 N–H and O–H groups in total. The van der Waals surface area contributed by atoms with Crippen LogP contribution in [0.1, 0.15) is 45.1 Å². The Bertz CT molecular complexity index is 425. The minimum Gasteiger partial charge on any atom is -0.497 e. The Morgan fingerprint density at radius 1 is 1.24 bits per heavy atom. The molecule has 1 fully saturated rings. The van der Waals surface area contributed by atoms with Crippen molar-refractivity contribution in [3.05, 3.63) is 23.8 Å². The second kappa shape index (κ2) is 8.28. The third-order valence-corrected chi connectivity index (χ3v) is 4.09. The number of hydrogen-bond acceptors (Lipinski definition) is 3. The van der Waals surface area contributed by atoms with Crippen LogP contribution in [0.3, 0.4) is 0 Å². The maximum Gasteiger partial charge on any atom is 0.127 e. The molecule has 1 saturated carbocycles. The highest BCUT2D eigenvalue weighted by Gasteiger charge is 2.16. The number of methoxy groups -OCH3 is 1. The summed E-state index contributed by atoms with van der Waals surface area (Å²) in [6.45, 7) is 7.15. The first-order valence-electron chi connectivity index (χ1n) is 8.19. The van der Waals surface area contributed by atoms with Crippen LogP contribution in [0, 0.1) is 11.8 Å². The Morgan fingerprint density at radius 2 is 2.00 bits per heavy atom. The Morgan fingerprint density at radius 3 is 2.67 bits per heavy atom. The third-order valence-electron chi connectivity index (χ3n) is 4.09. The first kappa shape index (κ1) is 16.2. The van der Waals surface area contributed by atoms with Crippen molar-refractivity contribution < 1.29 is 9.47 Å².